The Bertz CT molecular complexity index is 649. The van der Waals surface area contributed by atoms with Crippen molar-refractivity contribution in [2.75, 3.05) is 7.11 Å². The van der Waals surface area contributed by atoms with Gasteiger partial charge in [-0.1, -0.05) is 29.3 Å². The molecule has 5 nitrogen and oxygen atoms in total. The van der Waals surface area contributed by atoms with E-state index in [9.17, 15) is 4.79 Å². The van der Waals surface area contributed by atoms with Crippen molar-refractivity contribution in [3.05, 3.63) is 52.0 Å². The van der Waals surface area contributed by atoms with Gasteiger partial charge in [0.25, 0.3) is 0 Å². The first-order valence-corrected chi connectivity index (χ1v) is 7.03. The third kappa shape index (κ3) is 6.20. The highest BCUT2D eigenvalue weighted by atomic mass is 35.5. The Hall–Kier alpha value is -0.980. The quantitative estimate of drug-likeness (QED) is 0.782. The van der Waals surface area contributed by atoms with Gasteiger partial charge in [-0.05, 0) is 17.7 Å². The van der Waals surface area contributed by atoms with Crippen LogP contribution in [0.5, 0.6) is 0 Å². The van der Waals surface area contributed by atoms with Crippen LogP contribution in [0.4, 0.5) is 0 Å². The predicted molar refractivity (Wildman–Crippen MR) is 96.0 cm³/mol. The molecule has 2 aromatic rings. The number of hydrogen-bond acceptors (Lipinski definition) is 4. The lowest BCUT2D eigenvalue weighted by Gasteiger charge is -2.07. The molecule has 0 spiro atoms. The van der Waals surface area contributed by atoms with Crippen molar-refractivity contribution in [1.82, 2.24) is 9.55 Å². The maximum absolute atomic E-state index is 11.3. The van der Waals surface area contributed by atoms with Gasteiger partial charge in [-0.15, -0.1) is 24.8 Å². The zero-order chi connectivity index (χ0) is 15.4. The third-order valence-electron chi connectivity index (χ3n) is 2.99. The van der Waals surface area contributed by atoms with Crippen molar-refractivity contribution in [3.8, 4) is 0 Å². The first kappa shape index (κ1) is 22.0. The number of benzene rings is 1. The number of imidazole rings is 1. The van der Waals surface area contributed by atoms with Crippen LogP contribution in [0.25, 0.3) is 0 Å². The maximum Gasteiger partial charge on any atom is 0.323 e. The molecule has 0 saturated carbocycles. The highest BCUT2D eigenvalue weighted by Gasteiger charge is 2.15. The summed E-state index contributed by atoms with van der Waals surface area (Å²) >= 11 is 12.0. The molecule has 1 atom stereocenters. The Morgan fingerprint density at radius 1 is 1.39 bits per heavy atom. The van der Waals surface area contributed by atoms with Gasteiger partial charge in [0, 0.05) is 29.2 Å². The van der Waals surface area contributed by atoms with Crippen LogP contribution in [0.15, 0.2) is 30.7 Å². The molecule has 0 aliphatic carbocycles. The smallest absolute Gasteiger partial charge is 0.323 e. The number of ether oxygens (including phenoxy) is 1. The van der Waals surface area contributed by atoms with Crippen LogP contribution in [0.2, 0.25) is 10.0 Å². The van der Waals surface area contributed by atoms with E-state index in [-0.39, 0.29) is 24.8 Å². The molecule has 1 unspecified atom stereocenters. The highest BCUT2D eigenvalue weighted by Crippen LogP contribution is 2.21. The molecule has 0 saturated heterocycles. The summed E-state index contributed by atoms with van der Waals surface area (Å²) in [5.74, 6) is -0.453. The van der Waals surface area contributed by atoms with Crippen LogP contribution < -0.4 is 5.73 Å². The van der Waals surface area contributed by atoms with E-state index < -0.39 is 12.0 Å². The molecular formula is C14H17Cl4N3O2. The summed E-state index contributed by atoms with van der Waals surface area (Å²) in [7, 11) is 1.31. The summed E-state index contributed by atoms with van der Waals surface area (Å²) in [6.45, 7) is 0.566. The lowest BCUT2D eigenvalue weighted by molar-refractivity contribution is -0.142. The lowest BCUT2D eigenvalue weighted by Crippen LogP contribution is -2.33. The molecule has 9 heteroatoms. The molecule has 0 radical (unpaired) electrons. The monoisotopic (exact) mass is 399 g/mol. The molecular weight excluding hydrogens is 384 g/mol. The minimum Gasteiger partial charge on any atom is -0.468 e. The molecule has 0 fully saturated rings. The Balaban J connectivity index is 0.00000242. The molecule has 0 amide bonds. The average molecular weight is 401 g/mol. The second kappa shape index (κ2) is 10.0. The maximum atomic E-state index is 11.3. The Kier molecular flexibility index (Phi) is 9.58. The van der Waals surface area contributed by atoms with E-state index in [0.29, 0.717) is 23.0 Å². The van der Waals surface area contributed by atoms with E-state index in [1.807, 2.05) is 16.8 Å². The molecule has 0 bridgehead atoms. The summed E-state index contributed by atoms with van der Waals surface area (Å²) in [5, 5.41) is 1.20. The minimum absolute atomic E-state index is 0. The number of carbonyl (C=O) groups excluding carboxylic acids is 1. The molecule has 1 heterocycles. The predicted octanol–water partition coefficient (Wildman–Crippen LogP) is 3.12. The van der Waals surface area contributed by atoms with Gasteiger partial charge in [-0.2, -0.15) is 0 Å². The van der Waals surface area contributed by atoms with Crippen molar-refractivity contribution in [3.63, 3.8) is 0 Å². The van der Waals surface area contributed by atoms with Crippen LogP contribution in [0.1, 0.15) is 11.3 Å². The third-order valence-corrected chi connectivity index (χ3v) is 3.57. The summed E-state index contributed by atoms with van der Waals surface area (Å²) in [4.78, 5) is 15.5. The summed E-state index contributed by atoms with van der Waals surface area (Å²) < 4.78 is 6.45. The number of nitrogens with two attached hydrogens (primary N) is 1. The summed E-state index contributed by atoms with van der Waals surface area (Å²) in [5.41, 5.74) is 7.36. The zero-order valence-electron chi connectivity index (χ0n) is 12.2. The van der Waals surface area contributed by atoms with E-state index in [1.165, 1.54) is 7.11 Å². The van der Waals surface area contributed by atoms with Crippen LogP contribution in [0.3, 0.4) is 0 Å². The van der Waals surface area contributed by atoms with Crippen molar-refractivity contribution >= 4 is 54.0 Å². The van der Waals surface area contributed by atoms with E-state index >= 15 is 0 Å². The molecule has 0 aliphatic heterocycles. The first-order chi connectivity index (χ1) is 9.99. The van der Waals surface area contributed by atoms with Crippen molar-refractivity contribution in [2.24, 2.45) is 5.73 Å². The Morgan fingerprint density at radius 2 is 2.09 bits per heavy atom. The van der Waals surface area contributed by atoms with Crippen LogP contribution in [-0.2, 0) is 22.5 Å². The fourth-order valence-corrected chi connectivity index (χ4v) is 2.37. The summed E-state index contributed by atoms with van der Waals surface area (Å²) in [6, 6.07) is 4.64. The Labute approximate surface area is 156 Å². The van der Waals surface area contributed by atoms with Gasteiger partial charge in [0.05, 0.1) is 19.1 Å². The molecule has 23 heavy (non-hydrogen) atoms. The fourth-order valence-electron chi connectivity index (χ4n) is 1.90. The van der Waals surface area contributed by atoms with Gasteiger partial charge in [0.1, 0.15) is 6.04 Å². The SMILES string of the molecule is COC(=O)C(N)Cc1cn(Cc2ccc(Cl)cc2Cl)cn1.Cl.Cl. The Morgan fingerprint density at radius 3 is 2.70 bits per heavy atom. The molecule has 1 aromatic carbocycles. The first-order valence-electron chi connectivity index (χ1n) is 6.27. The number of nitrogens with zero attached hydrogens (tertiary/aromatic N) is 2. The van der Waals surface area contributed by atoms with Crippen molar-refractivity contribution in [2.45, 2.75) is 19.0 Å². The number of hydrogen-bond donors (Lipinski definition) is 1. The molecule has 2 rings (SSSR count). The van der Waals surface area contributed by atoms with E-state index in [2.05, 4.69) is 9.72 Å². The van der Waals surface area contributed by atoms with Crippen LogP contribution in [0, 0.1) is 0 Å². The second-order valence-corrected chi connectivity index (χ2v) is 5.45. The number of rotatable bonds is 5. The van der Waals surface area contributed by atoms with Gasteiger partial charge >= 0.3 is 5.97 Å². The fraction of sp³-hybridized carbons (Fsp3) is 0.286. The van der Waals surface area contributed by atoms with Gasteiger partial charge in [-0.25, -0.2) is 4.98 Å². The number of carbonyl (C=O) groups is 1. The van der Waals surface area contributed by atoms with Crippen LogP contribution in [-0.4, -0.2) is 28.7 Å². The lowest BCUT2D eigenvalue weighted by atomic mass is 10.2. The molecule has 0 aliphatic rings. The zero-order valence-corrected chi connectivity index (χ0v) is 15.4. The summed E-state index contributed by atoms with van der Waals surface area (Å²) in [6.07, 6.45) is 3.83. The molecule has 128 valence electrons. The van der Waals surface area contributed by atoms with Gasteiger partial charge in [0.15, 0.2) is 0 Å². The number of aromatic nitrogens is 2. The topological polar surface area (TPSA) is 70.1 Å². The van der Waals surface area contributed by atoms with E-state index in [0.717, 1.165) is 11.3 Å². The minimum atomic E-state index is -0.711. The largest absolute Gasteiger partial charge is 0.468 e. The molecule has 2 N–H and O–H groups in total. The highest BCUT2D eigenvalue weighted by molar-refractivity contribution is 6.35. The van der Waals surface area contributed by atoms with Crippen molar-refractivity contribution in [1.29, 1.82) is 0 Å². The normalized spacial score (nSPS) is 11.1. The van der Waals surface area contributed by atoms with Gasteiger partial charge < -0.3 is 15.0 Å². The molecule has 1 aromatic heterocycles. The van der Waals surface area contributed by atoms with E-state index in [4.69, 9.17) is 28.9 Å². The van der Waals surface area contributed by atoms with Gasteiger partial charge in [-0.3, -0.25) is 4.79 Å². The van der Waals surface area contributed by atoms with Crippen LogP contribution >= 0.6 is 48.0 Å². The number of halogens is 4. The van der Waals surface area contributed by atoms with E-state index in [1.54, 1.807) is 18.5 Å². The average Bonchev–Trinajstić information content (AvgIpc) is 2.88. The number of methoxy groups -OCH3 is 1. The standard InChI is InChI=1S/C14H15Cl2N3O2.2ClH/c1-21-14(20)13(17)5-11-7-19(8-18-11)6-9-2-3-10(15)4-12(9)16;;/h2-4,7-8,13H,5-6,17H2,1H3;2*1H. The van der Waals surface area contributed by atoms with Crippen molar-refractivity contribution < 1.29 is 9.53 Å². The number of esters is 1. The second-order valence-electron chi connectivity index (χ2n) is 4.61. The van der Waals surface area contributed by atoms with Gasteiger partial charge in [0.2, 0.25) is 0 Å².